The molecule has 5 nitrogen and oxygen atoms in total. The summed E-state index contributed by atoms with van der Waals surface area (Å²) in [6.07, 6.45) is 0. The van der Waals surface area contributed by atoms with Gasteiger partial charge in [0.2, 0.25) is 0 Å². The van der Waals surface area contributed by atoms with Crippen LogP contribution in [0.25, 0.3) is 0 Å². The minimum atomic E-state index is -0.530. The van der Waals surface area contributed by atoms with E-state index < -0.39 is 4.92 Å². The Hall–Kier alpha value is -2.11. The Morgan fingerprint density at radius 1 is 1.23 bits per heavy atom. The zero-order valence-corrected chi connectivity index (χ0v) is 13.1. The SMILES string of the molecule is CC(=O)c1ccc(NCc2ccc(Cl)cc2Cl)c([N+](=O)[O-])c1. The highest BCUT2D eigenvalue weighted by atomic mass is 35.5. The number of halogens is 2. The molecule has 1 N–H and O–H groups in total. The predicted octanol–water partition coefficient (Wildman–Crippen LogP) is 4.72. The highest BCUT2D eigenvalue weighted by molar-refractivity contribution is 6.35. The fraction of sp³-hybridized carbons (Fsp3) is 0.133. The Bertz CT molecular complexity index is 748. The minimum Gasteiger partial charge on any atom is -0.375 e. The number of nitrogens with zero attached hydrogens (tertiary/aromatic N) is 1. The zero-order chi connectivity index (χ0) is 16.3. The zero-order valence-electron chi connectivity index (χ0n) is 11.6. The number of benzene rings is 2. The lowest BCUT2D eigenvalue weighted by Gasteiger charge is -2.09. The molecule has 2 rings (SSSR count). The summed E-state index contributed by atoms with van der Waals surface area (Å²) in [5.41, 5.74) is 1.22. The fourth-order valence-electron chi connectivity index (χ4n) is 1.91. The van der Waals surface area contributed by atoms with Crippen molar-refractivity contribution in [3.63, 3.8) is 0 Å². The minimum absolute atomic E-state index is 0.155. The standard InChI is InChI=1S/C15H12Cl2N2O3/c1-9(20)10-3-5-14(15(6-10)19(21)22)18-8-11-2-4-12(16)7-13(11)17/h2-7,18H,8H2,1H3. The van der Waals surface area contributed by atoms with Crippen molar-refractivity contribution in [2.75, 3.05) is 5.32 Å². The molecule has 0 saturated carbocycles. The van der Waals surface area contributed by atoms with E-state index in [9.17, 15) is 14.9 Å². The van der Waals surface area contributed by atoms with Crippen LogP contribution >= 0.6 is 23.2 Å². The molecule has 0 heterocycles. The number of ketones is 1. The van der Waals surface area contributed by atoms with Gasteiger partial charge >= 0.3 is 0 Å². The maximum absolute atomic E-state index is 11.3. The van der Waals surface area contributed by atoms with Crippen molar-refractivity contribution >= 4 is 40.4 Å². The molecule has 0 atom stereocenters. The van der Waals surface area contributed by atoms with E-state index in [1.807, 2.05) is 0 Å². The number of hydrogen-bond acceptors (Lipinski definition) is 4. The molecule has 0 aromatic heterocycles. The van der Waals surface area contributed by atoms with Crippen molar-refractivity contribution in [1.29, 1.82) is 0 Å². The topological polar surface area (TPSA) is 72.2 Å². The molecule has 0 aliphatic heterocycles. The van der Waals surface area contributed by atoms with Gasteiger partial charge in [-0.1, -0.05) is 29.3 Å². The Morgan fingerprint density at radius 3 is 2.55 bits per heavy atom. The molecule has 0 aliphatic carbocycles. The van der Waals surface area contributed by atoms with Gasteiger partial charge in [0.1, 0.15) is 5.69 Å². The van der Waals surface area contributed by atoms with E-state index in [4.69, 9.17) is 23.2 Å². The Labute approximate surface area is 137 Å². The van der Waals surface area contributed by atoms with Crippen LogP contribution in [-0.2, 0) is 6.54 Å². The second-order valence-corrected chi connectivity index (χ2v) is 5.48. The van der Waals surface area contributed by atoms with Crippen LogP contribution in [0.1, 0.15) is 22.8 Å². The molecule has 0 bridgehead atoms. The van der Waals surface area contributed by atoms with Gasteiger partial charge in [0.05, 0.1) is 4.92 Å². The largest absolute Gasteiger partial charge is 0.375 e. The first-order valence-electron chi connectivity index (χ1n) is 6.35. The van der Waals surface area contributed by atoms with Crippen molar-refractivity contribution in [1.82, 2.24) is 0 Å². The average Bonchev–Trinajstić information content (AvgIpc) is 2.46. The molecule has 0 unspecified atom stereocenters. The van der Waals surface area contributed by atoms with Crippen molar-refractivity contribution in [3.05, 3.63) is 67.7 Å². The van der Waals surface area contributed by atoms with Gasteiger partial charge in [-0.3, -0.25) is 14.9 Å². The number of carbonyl (C=O) groups is 1. The third kappa shape index (κ3) is 3.75. The van der Waals surface area contributed by atoms with E-state index in [2.05, 4.69) is 5.32 Å². The highest BCUT2D eigenvalue weighted by Crippen LogP contribution is 2.28. The molecule has 22 heavy (non-hydrogen) atoms. The second-order valence-electron chi connectivity index (χ2n) is 4.63. The molecule has 0 radical (unpaired) electrons. The van der Waals surface area contributed by atoms with Gasteiger partial charge in [-0.15, -0.1) is 0 Å². The number of rotatable bonds is 5. The summed E-state index contributed by atoms with van der Waals surface area (Å²) in [5, 5.41) is 15.1. The molecule has 0 amide bonds. The fourth-order valence-corrected chi connectivity index (χ4v) is 2.38. The number of nitrogens with one attached hydrogen (secondary N) is 1. The first-order valence-corrected chi connectivity index (χ1v) is 7.11. The lowest BCUT2D eigenvalue weighted by atomic mass is 10.1. The van der Waals surface area contributed by atoms with Crippen LogP contribution in [0.2, 0.25) is 10.0 Å². The van der Waals surface area contributed by atoms with E-state index in [1.165, 1.54) is 19.1 Å². The molecule has 7 heteroatoms. The molecular weight excluding hydrogens is 327 g/mol. The molecule has 0 spiro atoms. The third-order valence-electron chi connectivity index (χ3n) is 3.09. The molecule has 2 aromatic carbocycles. The normalized spacial score (nSPS) is 10.3. The highest BCUT2D eigenvalue weighted by Gasteiger charge is 2.16. The summed E-state index contributed by atoms with van der Waals surface area (Å²) in [4.78, 5) is 21.9. The van der Waals surface area contributed by atoms with Crippen molar-refractivity contribution in [3.8, 4) is 0 Å². The van der Waals surface area contributed by atoms with Gasteiger partial charge in [0.25, 0.3) is 5.69 Å². The van der Waals surface area contributed by atoms with Crippen LogP contribution in [-0.4, -0.2) is 10.7 Å². The summed E-state index contributed by atoms with van der Waals surface area (Å²) in [7, 11) is 0. The molecule has 114 valence electrons. The van der Waals surface area contributed by atoms with Gasteiger partial charge in [-0.05, 0) is 36.8 Å². The van der Waals surface area contributed by atoms with Crippen molar-refractivity contribution in [2.24, 2.45) is 0 Å². The van der Waals surface area contributed by atoms with Crippen LogP contribution in [0.3, 0.4) is 0 Å². The van der Waals surface area contributed by atoms with Crippen LogP contribution in [0, 0.1) is 10.1 Å². The number of nitro benzene ring substituents is 1. The monoisotopic (exact) mass is 338 g/mol. The Kier molecular flexibility index (Phi) is 5.00. The molecule has 0 aliphatic rings. The summed E-state index contributed by atoms with van der Waals surface area (Å²) < 4.78 is 0. The average molecular weight is 339 g/mol. The van der Waals surface area contributed by atoms with Gasteiger partial charge in [0, 0.05) is 28.2 Å². The first kappa shape index (κ1) is 16.3. The second kappa shape index (κ2) is 6.77. The Balaban J connectivity index is 2.25. The van der Waals surface area contributed by atoms with Gasteiger partial charge < -0.3 is 5.32 Å². The summed E-state index contributed by atoms with van der Waals surface area (Å²) in [5.74, 6) is -0.226. The maximum Gasteiger partial charge on any atom is 0.293 e. The van der Waals surface area contributed by atoms with Gasteiger partial charge in [-0.2, -0.15) is 0 Å². The number of anilines is 1. The van der Waals surface area contributed by atoms with E-state index in [0.717, 1.165) is 5.56 Å². The molecule has 0 saturated heterocycles. The van der Waals surface area contributed by atoms with Crippen LogP contribution < -0.4 is 5.32 Å². The van der Waals surface area contributed by atoms with E-state index in [1.54, 1.807) is 24.3 Å². The van der Waals surface area contributed by atoms with Crippen LogP contribution in [0.15, 0.2) is 36.4 Å². The maximum atomic E-state index is 11.3. The smallest absolute Gasteiger partial charge is 0.293 e. The van der Waals surface area contributed by atoms with E-state index in [-0.39, 0.29) is 11.5 Å². The van der Waals surface area contributed by atoms with Crippen LogP contribution in [0.4, 0.5) is 11.4 Å². The number of Topliss-reactive ketones (excluding diaryl/α,β-unsaturated/α-hetero) is 1. The predicted molar refractivity (Wildman–Crippen MR) is 86.9 cm³/mol. The van der Waals surface area contributed by atoms with Crippen molar-refractivity contribution < 1.29 is 9.72 Å². The lowest BCUT2D eigenvalue weighted by molar-refractivity contribution is -0.384. The van der Waals surface area contributed by atoms with Gasteiger partial charge in [0.15, 0.2) is 5.78 Å². The van der Waals surface area contributed by atoms with E-state index in [0.29, 0.717) is 27.8 Å². The molecular formula is C15H12Cl2N2O3. The van der Waals surface area contributed by atoms with E-state index >= 15 is 0 Å². The summed E-state index contributed by atoms with van der Waals surface area (Å²) in [6, 6.07) is 9.35. The third-order valence-corrected chi connectivity index (χ3v) is 3.67. The first-order chi connectivity index (χ1) is 10.4. The molecule has 2 aromatic rings. The summed E-state index contributed by atoms with van der Waals surface area (Å²) in [6.45, 7) is 1.66. The van der Waals surface area contributed by atoms with Crippen molar-refractivity contribution in [2.45, 2.75) is 13.5 Å². The number of carbonyl (C=O) groups excluding carboxylic acids is 1. The van der Waals surface area contributed by atoms with Crippen LogP contribution in [0.5, 0.6) is 0 Å². The quantitative estimate of drug-likeness (QED) is 0.486. The lowest BCUT2D eigenvalue weighted by Crippen LogP contribution is -2.04. The summed E-state index contributed by atoms with van der Waals surface area (Å²) >= 11 is 11.9. The van der Waals surface area contributed by atoms with Gasteiger partial charge in [-0.25, -0.2) is 0 Å². The number of nitro groups is 1. The molecule has 0 fully saturated rings. The Morgan fingerprint density at radius 2 is 1.95 bits per heavy atom. The number of hydrogen-bond donors (Lipinski definition) is 1.